The molecule has 1 unspecified atom stereocenters. The van der Waals surface area contributed by atoms with E-state index in [1.807, 2.05) is 0 Å². The van der Waals surface area contributed by atoms with Crippen LogP contribution in [0.15, 0.2) is 0 Å². The zero-order valence-electron chi connectivity index (χ0n) is 48.4. The van der Waals surface area contributed by atoms with Gasteiger partial charge >= 0.3 is 84.7 Å². The first kappa shape index (κ1) is 80.3. The second-order valence-corrected chi connectivity index (χ2v) is 27.2. The summed E-state index contributed by atoms with van der Waals surface area (Å²) < 4.78 is 367. The number of fused-ring (bicyclic) bond motifs is 3. The highest BCUT2D eigenvalue weighted by atomic mass is 32.3. The monoisotopic (exact) mass is 1530 g/mol. The van der Waals surface area contributed by atoms with Crippen molar-refractivity contribution in [2.75, 3.05) is 76.2 Å². The molecular formula is C38H62O49S7. The largest absolute Gasteiger partial charge is 0.479 e. The second-order valence-electron chi connectivity index (χ2n) is 19.7. The Balaban J connectivity index is 1.43. The molecule has 0 saturated carbocycles. The van der Waals surface area contributed by atoms with Crippen molar-refractivity contribution in [3.8, 4) is 0 Å². The van der Waals surface area contributed by atoms with Gasteiger partial charge in [-0.3, -0.25) is 31.9 Å². The molecular weight excluding hydrogens is 1460 g/mol. The molecule has 49 nitrogen and oxygen atoms in total. The van der Waals surface area contributed by atoms with Gasteiger partial charge in [0.1, 0.15) is 97.7 Å². The molecule has 94 heavy (non-hydrogen) atoms. The third-order valence-electron chi connectivity index (χ3n) is 14.1. The van der Waals surface area contributed by atoms with E-state index < -0.39 is 264 Å². The van der Waals surface area contributed by atoms with Gasteiger partial charge in [-0.05, 0) is 0 Å². The van der Waals surface area contributed by atoms with E-state index in [0.717, 1.165) is 42.7 Å². The van der Waals surface area contributed by atoms with Crippen molar-refractivity contribution in [1.29, 1.82) is 0 Å². The molecule has 25 atom stereocenters. The summed E-state index contributed by atoms with van der Waals surface area (Å²) in [6, 6.07) is 0. The fraction of sp³-hybridized carbons (Fsp3) is 0.947. The minimum absolute atomic E-state index is 0.712. The molecule has 0 radical (unpaired) electrons. The predicted molar refractivity (Wildman–Crippen MR) is 277 cm³/mol. The minimum Gasteiger partial charge on any atom is -0.479 e. The highest BCUT2D eigenvalue weighted by molar-refractivity contribution is 7.82. The normalized spacial score (nSPS) is 38.9. The van der Waals surface area contributed by atoms with E-state index in [1.165, 1.54) is 0 Å². The Morgan fingerprint density at radius 2 is 0.713 bits per heavy atom. The quantitative estimate of drug-likeness (QED) is 0.0270. The Bertz CT molecular complexity index is 3410. The van der Waals surface area contributed by atoms with Crippen molar-refractivity contribution < 1.29 is 220 Å². The van der Waals surface area contributed by atoms with Crippen LogP contribution in [-0.2, 0) is 192 Å². The molecule has 9 N–H and O–H groups in total. The number of rotatable bonds is 34. The molecule has 2 bridgehead atoms. The van der Waals surface area contributed by atoms with Crippen LogP contribution >= 0.6 is 0 Å². The van der Waals surface area contributed by atoms with Crippen LogP contribution in [0.1, 0.15) is 0 Å². The smallest absolute Gasteiger partial charge is 0.397 e. The first-order valence-corrected chi connectivity index (χ1v) is 35.0. The third-order valence-corrected chi connectivity index (χ3v) is 17.3. The molecule has 7 saturated heterocycles. The summed E-state index contributed by atoms with van der Waals surface area (Å²) in [7, 11) is -34.1. The van der Waals surface area contributed by atoms with Crippen LogP contribution in [0.25, 0.3) is 0 Å². The number of carboxylic acids is 2. The molecule has 0 aliphatic carbocycles. The molecule has 7 aliphatic rings. The fourth-order valence-corrected chi connectivity index (χ4v) is 13.5. The summed E-state index contributed by atoms with van der Waals surface area (Å²) in [6.45, 7) is -5.64. The van der Waals surface area contributed by atoms with Crippen molar-refractivity contribution in [1.82, 2.24) is 0 Å². The first-order chi connectivity index (χ1) is 43.2. The van der Waals surface area contributed by atoms with Gasteiger partial charge in [0.15, 0.2) is 49.8 Å². The number of aliphatic carboxylic acids is 2. The van der Waals surface area contributed by atoms with Gasteiger partial charge in [0, 0.05) is 49.8 Å². The Morgan fingerprint density at radius 3 is 1.09 bits per heavy atom. The van der Waals surface area contributed by atoms with Gasteiger partial charge in [0.05, 0.1) is 26.4 Å². The van der Waals surface area contributed by atoms with E-state index in [4.69, 9.17) is 88.9 Å². The summed E-state index contributed by atoms with van der Waals surface area (Å²) in [5.74, 6) is -4.29. The second kappa shape index (κ2) is 31.5. The number of hydrogen-bond acceptors (Lipinski definition) is 40. The lowest BCUT2D eigenvalue weighted by molar-refractivity contribution is -0.427. The molecule has 0 spiro atoms. The average molecular weight is 1530 g/mol. The first-order valence-electron chi connectivity index (χ1n) is 25.4. The lowest BCUT2D eigenvalue weighted by atomic mass is 9.83. The summed E-state index contributed by atoms with van der Waals surface area (Å²) in [4.78, 5) is 26.9. The van der Waals surface area contributed by atoms with Crippen LogP contribution in [0.4, 0.5) is 0 Å². The minimum atomic E-state index is -6.20. The Morgan fingerprint density at radius 1 is 0.372 bits per heavy atom. The van der Waals surface area contributed by atoms with E-state index in [1.54, 1.807) is 0 Å². The molecule has 7 heterocycles. The maximum absolute atomic E-state index is 13.7. The molecule has 7 rings (SSSR count). The fourth-order valence-electron chi connectivity index (χ4n) is 10.6. The van der Waals surface area contributed by atoms with Gasteiger partial charge < -0.3 is 90.7 Å². The molecule has 0 aromatic carbocycles. The van der Waals surface area contributed by atoms with Crippen LogP contribution in [0, 0.1) is 0 Å². The SMILES string of the molecule is CO[C@H]1O[C@H](COS(=O)(=O)O)[C@@H](O[C@@H]2O[C@@]3(C(=O)O)COC2[C@@H](OC)[C@@H]3O[C@H]2O[C@H](COS(=O)(=O)O)[C@@H](O[C@@H]3O[C@H](C(=O)O)[C@@H](O[C@H]4O[C@H](COS(=O)(=O)O)[C@@H](OC)[C@H](OC)[C@H]4OC)[C@H](OC)[C@H]3OC)[C@H](OS(=O)(=O)O)[C@H]2OS(=O)(=O)O)[C@H](OS(=O)(=O)O)[C@H]1OS(=O)(=O)O. The molecule has 7 aliphatic heterocycles. The molecule has 0 aromatic rings. The molecule has 550 valence electrons. The highest BCUT2D eigenvalue weighted by Gasteiger charge is 2.69. The highest BCUT2D eigenvalue weighted by Crippen LogP contribution is 2.46. The topological polar surface area (TPSA) is 677 Å². The van der Waals surface area contributed by atoms with Gasteiger partial charge in [-0.25, -0.2) is 38.9 Å². The maximum atomic E-state index is 13.7. The van der Waals surface area contributed by atoms with Crippen LogP contribution in [0.3, 0.4) is 0 Å². The van der Waals surface area contributed by atoms with Crippen LogP contribution < -0.4 is 0 Å². The Labute approximate surface area is 532 Å². The number of carboxylic acid groups (broad SMARTS) is 2. The summed E-state index contributed by atoms with van der Waals surface area (Å²) in [5, 5.41) is 21.7. The van der Waals surface area contributed by atoms with Crippen LogP contribution in [0.5, 0.6) is 0 Å². The summed E-state index contributed by atoms with van der Waals surface area (Å²) >= 11 is 0. The number of carbonyl (C=O) groups is 2. The standard InChI is InChI=1S/C38H62O49S7/c1-64-15-12(8-72-88(43,44)45)76-33(25(68-5)18(15)65-2)80-20-19(66-3)26(69-6)34(81-24(20)31(39)40)78-16-14(10-74-90(49,50)51)77-35(29(87-94(61,62)63)22(16)85-92(55,56)57)82-30-23(67-4)27-36(83-38(30,11-71-27)37(41)42)79-17-13(9-73-89(46,47)48)75-32(70-7)28(86-93(58,59)60)21(17)84-91(52,53)54/h12-30,32-36H,8-11H2,1-7H3,(H,39,40)(H,41,42)(H,43,44,45)(H,46,47,48)(H,49,50,51)(H,52,53,54)(H,55,56,57)(H,58,59,60)(H,61,62,63)/t12-,13-,14-,15-,16-,17-,18+,19+,20+,21+,22+,23-,24+,25-,26-,27?,28-,29-,30+,32+,33-,34-,35-,36-,38+/m1/s1. The molecule has 0 amide bonds. The molecule has 56 heteroatoms. The maximum Gasteiger partial charge on any atom is 0.397 e. The van der Waals surface area contributed by atoms with E-state index in [9.17, 15) is 111 Å². The van der Waals surface area contributed by atoms with Gasteiger partial charge in [-0.1, -0.05) is 0 Å². The average Bonchev–Trinajstić information content (AvgIpc) is 0.721. The summed E-state index contributed by atoms with van der Waals surface area (Å²) in [5.41, 5.74) is -3.36. The van der Waals surface area contributed by atoms with E-state index in [0.29, 0.717) is 7.11 Å². The number of hydrogen-bond donors (Lipinski definition) is 9. The van der Waals surface area contributed by atoms with E-state index >= 15 is 0 Å². The van der Waals surface area contributed by atoms with Gasteiger partial charge in [0.2, 0.25) is 5.60 Å². The van der Waals surface area contributed by atoms with Crippen molar-refractivity contribution in [2.24, 2.45) is 0 Å². The van der Waals surface area contributed by atoms with Gasteiger partial charge in [-0.15, -0.1) is 0 Å². The van der Waals surface area contributed by atoms with E-state index in [2.05, 4.69) is 20.9 Å². The Kier molecular flexibility index (Phi) is 26.9. The molecule has 7 fully saturated rings. The summed E-state index contributed by atoms with van der Waals surface area (Å²) in [6.07, 6.45) is -55.7. The lowest BCUT2D eigenvalue weighted by Crippen LogP contribution is -2.77. The third kappa shape index (κ3) is 20.5. The van der Waals surface area contributed by atoms with Crippen molar-refractivity contribution in [3.05, 3.63) is 0 Å². The van der Waals surface area contributed by atoms with Crippen LogP contribution in [0.2, 0.25) is 0 Å². The zero-order chi connectivity index (χ0) is 70.8. The molecule has 0 aromatic heterocycles. The van der Waals surface area contributed by atoms with Crippen molar-refractivity contribution in [2.45, 2.75) is 153 Å². The van der Waals surface area contributed by atoms with E-state index in [-0.39, 0.29) is 0 Å². The predicted octanol–water partition coefficient (Wildman–Crippen LogP) is -7.96. The number of methoxy groups -OCH3 is 7. The van der Waals surface area contributed by atoms with Crippen molar-refractivity contribution in [3.63, 3.8) is 0 Å². The van der Waals surface area contributed by atoms with Gasteiger partial charge in [0.25, 0.3) is 0 Å². The van der Waals surface area contributed by atoms with Gasteiger partial charge in [-0.2, -0.15) is 58.9 Å². The lowest BCUT2D eigenvalue weighted by Gasteiger charge is -2.57. The Hall–Kier alpha value is -2.65. The van der Waals surface area contributed by atoms with Crippen molar-refractivity contribution >= 4 is 84.7 Å². The zero-order valence-corrected chi connectivity index (χ0v) is 54.1. The number of ether oxygens (including phenoxy) is 17. The van der Waals surface area contributed by atoms with Crippen LogP contribution in [-0.4, -0.2) is 342 Å².